The first-order valence-electron chi connectivity index (χ1n) is 4.58. The number of hydrogen-bond donors (Lipinski definition) is 0. The SMILES string of the molecule is O=C1C(Br)=CC=C2C1=Nc1ccccc12. The highest BCUT2D eigenvalue weighted by Gasteiger charge is 2.28. The van der Waals surface area contributed by atoms with Gasteiger partial charge in [0.1, 0.15) is 5.71 Å². The van der Waals surface area contributed by atoms with Crippen LogP contribution in [0, 0.1) is 0 Å². The Morgan fingerprint density at radius 2 is 1.93 bits per heavy atom. The Hall–Kier alpha value is -1.48. The summed E-state index contributed by atoms with van der Waals surface area (Å²) in [5.74, 6) is -0.0382. The smallest absolute Gasteiger partial charge is 0.218 e. The highest BCUT2D eigenvalue weighted by atomic mass is 79.9. The number of allylic oxidation sites excluding steroid dienone is 4. The number of fused-ring (bicyclic) bond motifs is 3. The van der Waals surface area contributed by atoms with Crippen LogP contribution in [0.5, 0.6) is 0 Å². The predicted molar refractivity (Wildman–Crippen MR) is 63.5 cm³/mol. The van der Waals surface area contributed by atoms with Crippen molar-refractivity contribution in [3.05, 3.63) is 46.5 Å². The normalized spacial score (nSPS) is 17.7. The van der Waals surface area contributed by atoms with E-state index >= 15 is 0 Å². The van der Waals surface area contributed by atoms with Gasteiger partial charge in [-0.05, 0) is 28.1 Å². The van der Waals surface area contributed by atoms with Gasteiger partial charge in [-0.3, -0.25) is 4.79 Å². The van der Waals surface area contributed by atoms with Crippen molar-refractivity contribution in [3.8, 4) is 0 Å². The van der Waals surface area contributed by atoms with E-state index < -0.39 is 0 Å². The van der Waals surface area contributed by atoms with E-state index in [1.54, 1.807) is 6.08 Å². The summed E-state index contributed by atoms with van der Waals surface area (Å²) in [6.07, 6.45) is 3.70. The maximum atomic E-state index is 11.8. The van der Waals surface area contributed by atoms with Gasteiger partial charge >= 0.3 is 0 Å². The van der Waals surface area contributed by atoms with E-state index in [9.17, 15) is 4.79 Å². The largest absolute Gasteiger partial charge is 0.286 e. The molecule has 0 saturated carbocycles. The van der Waals surface area contributed by atoms with Crippen LogP contribution in [-0.2, 0) is 4.79 Å². The molecule has 72 valence electrons. The zero-order valence-electron chi connectivity index (χ0n) is 7.70. The van der Waals surface area contributed by atoms with Gasteiger partial charge in [-0.25, -0.2) is 4.99 Å². The molecule has 15 heavy (non-hydrogen) atoms. The van der Waals surface area contributed by atoms with Gasteiger partial charge in [-0.1, -0.05) is 24.3 Å². The third kappa shape index (κ3) is 1.16. The lowest BCUT2D eigenvalue weighted by atomic mass is 9.97. The average molecular weight is 260 g/mol. The number of halogens is 1. The Morgan fingerprint density at radius 3 is 2.80 bits per heavy atom. The molecule has 1 aromatic rings. The van der Waals surface area contributed by atoms with Gasteiger partial charge in [0.05, 0.1) is 10.2 Å². The third-order valence-corrected chi connectivity index (χ3v) is 3.13. The molecule has 1 aliphatic carbocycles. The fourth-order valence-electron chi connectivity index (χ4n) is 1.79. The fraction of sp³-hybridized carbons (Fsp3) is 0. The molecule has 1 aliphatic heterocycles. The summed E-state index contributed by atoms with van der Waals surface area (Å²) < 4.78 is 0.567. The second-order valence-corrected chi connectivity index (χ2v) is 4.26. The molecule has 3 rings (SSSR count). The van der Waals surface area contributed by atoms with Gasteiger partial charge in [0.15, 0.2) is 0 Å². The van der Waals surface area contributed by atoms with Crippen LogP contribution in [0.25, 0.3) is 5.57 Å². The summed E-state index contributed by atoms with van der Waals surface area (Å²) in [4.78, 5) is 16.1. The number of carbonyl (C=O) groups excluding carboxylic acids is 1. The number of para-hydroxylation sites is 1. The number of nitrogens with zero attached hydrogens (tertiary/aromatic N) is 1. The van der Waals surface area contributed by atoms with Crippen LogP contribution < -0.4 is 0 Å². The molecular weight excluding hydrogens is 254 g/mol. The van der Waals surface area contributed by atoms with Crippen LogP contribution in [0.3, 0.4) is 0 Å². The Balaban J connectivity index is 2.26. The van der Waals surface area contributed by atoms with Crippen LogP contribution in [-0.4, -0.2) is 11.5 Å². The molecule has 2 nitrogen and oxygen atoms in total. The highest BCUT2D eigenvalue weighted by Crippen LogP contribution is 2.37. The maximum Gasteiger partial charge on any atom is 0.218 e. The van der Waals surface area contributed by atoms with Crippen molar-refractivity contribution in [2.75, 3.05) is 0 Å². The van der Waals surface area contributed by atoms with Crippen LogP contribution in [0.2, 0.25) is 0 Å². The van der Waals surface area contributed by atoms with Crippen molar-refractivity contribution in [2.45, 2.75) is 0 Å². The summed E-state index contributed by atoms with van der Waals surface area (Å²) in [7, 11) is 0. The molecule has 0 fully saturated rings. The van der Waals surface area contributed by atoms with Gasteiger partial charge in [0.25, 0.3) is 0 Å². The number of aliphatic imine (C=N–C) groups is 1. The number of Topliss-reactive ketones (excluding diaryl/α,β-unsaturated/α-hetero) is 1. The van der Waals surface area contributed by atoms with E-state index in [1.807, 2.05) is 30.3 Å². The molecular formula is C12H6BrNO. The van der Waals surface area contributed by atoms with Crippen molar-refractivity contribution in [3.63, 3.8) is 0 Å². The second-order valence-electron chi connectivity index (χ2n) is 3.40. The molecule has 2 aliphatic rings. The summed E-state index contributed by atoms with van der Waals surface area (Å²) in [5.41, 5.74) is 3.39. The number of ketones is 1. The molecule has 0 amide bonds. The van der Waals surface area contributed by atoms with E-state index in [0.717, 1.165) is 16.8 Å². The number of carbonyl (C=O) groups is 1. The molecule has 0 N–H and O–H groups in total. The van der Waals surface area contributed by atoms with E-state index in [4.69, 9.17) is 0 Å². The first-order chi connectivity index (χ1) is 7.27. The maximum absolute atomic E-state index is 11.8. The summed E-state index contributed by atoms with van der Waals surface area (Å²) >= 11 is 3.22. The van der Waals surface area contributed by atoms with Gasteiger partial charge < -0.3 is 0 Å². The van der Waals surface area contributed by atoms with E-state index in [0.29, 0.717) is 10.2 Å². The van der Waals surface area contributed by atoms with Crippen molar-refractivity contribution in [1.82, 2.24) is 0 Å². The summed E-state index contributed by atoms with van der Waals surface area (Å²) in [6.45, 7) is 0. The summed E-state index contributed by atoms with van der Waals surface area (Å²) in [6, 6.07) is 7.78. The number of rotatable bonds is 0. The average Bonchev–Trinajstić information content (AvgIpc) is 2.63. The quantitative estimate of drug-likeness (QED) is 0.659. The minimum absolute atomic E-state index is 0.0382. The second kappa shape index (κ2) is 3.00. The molecule has 1 aromatic carbocycles. The molecule has 0 bridgehead atoms. The van der Waals surface area contributed by atoms with Crippen molar-refractivity contribution in [1.29, 1.82) is 0 Å². The van der Waals surface area contributed by atoms with Gasteiger partial charge in [0.2, 0.25) is 5.78 Å². The van der Waals surface area contributed by atoms with Crippen LogP contribution in [0.1, 0.15) is 5.56 Å². The van der Waals surface area contributed by atoms with Gasteiger partial charge in [0, 0.05) is 11.1 Å². The van der Waals surface area contributed by atoms with Crippen molar-refractivity contribution < 1.29 is 4.79 Å². The summed E-state index contributed by atoms with van der Waals surface area (Å²) in [5, 5.41) is 0. The Bertz CT molecular complexity index is 567. The standard InChI is InChI=1S/C12H6BrNO/c13-9-6-5-8-7-3-1-2-4-10(7)14-11(8)12(9)15/h1-6H. The highest BCUT2D eigenvalue weighted by molar-refractivity contribution is 9.12. The topological polar surface area (TPSA) is 29.4 Å². The zero-order chi connectivity index (χ0) is 10.4. The van der Waals surface area contributed by atoms with Crippen LogP contribution >= 0.6 is 15.9 Å². The first-order valence-corrected chi connectivity index (χ1v) is 5.37. The Kier molecular flexibility index (Phi) is 1.76. The van der Waals surface area contributed by atoms with Crippen molar-refractivity contribution in [2.24, 2.45) is 4.99 Å². The zero-order valence-corrected chi connectivity index (χ0v) is 9.28. The Morgan fingerprint density at radius 1 is 1.13 bits per heavy atom. The van der Waals surface area contributed by atoms with Gasteiger partial charge in [-0.2, -0.15) is 0 Å². The Labute approximate surface area is 95.2 Å². The molecule has 0 aromatic heterocycles. The number of benzene rings is 1. The molecule has 0 radical (unpaired) electrons. The molecule has 0 saturated heterocycles. The lowest BCUT2D eigenvalue weighted by molar-refractivity contribution is -0.109. The number of hydrogen-bond acceptors (Lipinski definition) is 2. The van der Waals surface area contributed by atoms with E-state index in [1.165, 1.54) is 0 Å². The predicted octanol–water partition coefficient (Wildman–Crippen LogP) is 3.02. The van der Waals surface area contributed by atoms with E-state index in [-0.39, 0.29) is 5.78 Å². The first kappa shape index (κ1) is 8.80. The van der Waals surface area contributed by atoms with Crippen molar-refractivity contribution >= 4 is 38.7 Å². The molecule has 3 heteroatoms. The van der Waals surface area contributed by atoms with E-state index in [2.05, 4.69) is 20.9 Å². The minimum Gasteiger partial charge on any atom is -0.286 e. The minimum atomic E-state index is -0.0382. The molecule has 1 heterocycles. The molecule has 0 unspecified atom stereocenters. The van der Waals surface area contributed by atoms with Gasteiger partial charge in [-0.15, -0.1) is 0 Å². The lowest BCUT2D eigenvalue weighted by Gasteiger charge is -2.07. The molecule has 0 atom stereocenters. The third-order valence-electron chi connectivity index (χ3n) is 2.51. The van der Waals surface area contributed by atoms with Crippen LogP contribution in [0.15, 0.2) is 45.9 Å². The molecule has 0 spiro atoms. The van der Waals surface area contributed by atoms with Crippen LogP contribution in [0.4, 0.5) is 5.69 Å². The monoisotopic (exact) mass is 259 g/mol. The lowest BCUT2D eigenvalue weighted by Crippen LogP contribution is -2.15. The fourth-order valence-corrected chi connectivity index (χ4v) is 2.11.